The number of aromatic nitrogens is 4. The predicted octanol–water partition coefficient (Wildman–Crippen LogP) is 11.0. The molecule has 0 amide bonds. The van der Waals surface area contributed by atoms with E-state index in [1.165, 1.54) is 116 Å². The number of nitrogens with two attached hydrogens (primary N) is 1. The molecular weight excluding hydrogens is 873 g/mol. The second-order valence-corrected chi connectivity index (χ2v) is 24.1. The monoisotopic (exact) mass is 938 g/mol. The number of hydrogen-bond acceptors (Lipinski definition) is 9. The minimum atomic E-state index is -3.88. The summed E-state index contributed by atoms with van der Waals surface area (Å²) in [4.78, 5) is 20.5. The Hall–Kier alpha value is -5.48. The summed E-state index contributed by atoms with van der Waals surface area (Å²) in [6, 6.07) is 22.6. The number of fused-ring (bicyclic) bond motifs is 2. The van der Waals surface area contributed by atoms with Crippen molar-refractivity contribution in [1.29, 1.82) is 0 Å². The van der Waals surface area contributed by atoms with Crippen molar-refractivity contribution in [2.75, 3.05) is 28.4 Å². The van der Waals surface area contributed by atoms with Crippen LogP contribution in [0.4, 0.5) is 22.7 Å². The lowest BCUT2D eigenvalue weighted by Crippen LogP contribution is -2.26. The van der Waals surface area contributed by atoms with Gasteiger partial charge in [0.25, 0.3) is 25.7 Å². The van der Waals surface area contributed by atoms with Crippen LogP contribution in [-0.2, 0) is 44.0 Å². The Morgan fingerprint density at radius 2 is 0.970 bits per heavy atom. The van der Waals surface area contributed by atoms with E-state index in [0.29, 0.717) is 28.9 Å². The first kappa shape index (κ1) is 48.5. The van der Waals surface area contributed by atoms with Gasteiger partial charge in [-0.2, -0.15) is 0 Å². The Bertz CT molecular complexity index is 2900. The molecule has 0 bridgehead atoms. The van der Waals surface area contributed by atoms with Gasteiger partial charge in [0.1, 0.15) is 11.6 Å². The van der Waals surface area contributed by atoms with Crippen LogP contribution < -0.4 is 14.3 Å². The van der Waals surface area contributed by atoms with Crippen molar-refractivity contribution in [2.45, 2.75) is 139 Å². The van der Waals surface area contributed by atoms with Gasteiger partial charge in [-0.3, -0.25) is 18.7 Å². The number of hydrogen-bond donors (Lipinski definition) is 1. The average molecular weight is 939 g/mol. The van der Waals surface area contributed by atoms with Crippen LogP contribution in [0.1, 0.15) is 117 Å². The average Bonchev–Trinajstić information content (AvgIpc) is 3.85. The molecule has 354 valence electrons. The Morgan fingerprint density at radius 3 is 1.32 bits per heavy atom. The van der Waals surface area contributed by atoms with E-state index in [2.05, 4.69) is 50.7 Å². The number of sulfonamides is 2. The van der Waals surface area contributed by atoms with E-state index in [1.54, 1.807) is 25.2 Å². The number of benzene rings is 4. The lowest BCUT2D eigenvalue weighted by Gasteiger charge is -2.26. The SMILES string of the molecule is CN(c1ccc2c(c1)nc(C(C)(C)C)n2CC1CCCCC1)S(=O)(=O)c1ccc(N)cc1.CN(c1ccc2c(c1)nc(C(C)(C)C)n2CC1CCCCC1)S(=O)(=O)c1ccc([N+](=O)[O-])cc1. The Balaban J connectivity index is 0.000000197. The van der Waals surface area contributed by atoms with Crippen LogP contribution in [0.2, 0.25) is 0 Å². The lowest BCUT2D eigenvalue weighted by molar-refractivity contribution is -0.384. The zero-order chi connectivity index (χ0) is 47.8. The molecule has 2 fully saturated rings. The van der Waals surface area contributed by atoms with Crippen LogP contribution in [0.25, 0.3) is 22.1 Å². The van der Waals surface area contributed by atoms with Gasteiger partial charge >= 0.3 is 0 Å². The van der Waals surface area contributed by atoms with Crippen LogP contribution in [0.5, 0.6) is 0 Å². The maximum absolute atomic E-state index is 13.2. The highest BCUT2D eigenvalue weighted by Gasteiger charge is 2.29. The van der Waals surface area contributed by atoms with E-state index in [-0.39, 0.29) is 26.3 Å². The van der Waals surface area contributed by atoms with Gasteiger partial charge in [-0.15, -0.1) is 0 Å². The fourth-order valence-electron chi connectivity index (χ4n) is 9.37. The molecule has 16 heteroatoms. The smallest absolute Gasteiger partial charge is 0.269 e. The molecule has 0 radical (unpaired) electrons. The molecule has 0 saturated heterocycles. The summed E-state index contributed by atoms with van der Waals surface area (Å²) in [7, 11) is -4.50. The predicted molar refractivity (Wildman–Crippen MR) is 265 cm³/mol. The highest BCUT2D eigenvalue weighted by Crippen LogP contribution is 2.36. The van der Waals surface area contributed by atoms with E-state index in [1.807, 2.05) is 30.3 Å². The number of rotatable bonds is 11. The molecule has 0 spiro atoms. The summed E-state index contributed by atoms with van der Waals surface area (Å²) in [5.41, 5.74) is 10.6. The van der Waals surface area contributed by atoms with Gasteiger partial charge in [-0.25, -0.2) is 26.8 Å². The van der Waals surface area contributed by atoms with E-state index >= 15 is 0 Å². The first-order valence-electron chi connectivity index (χ1n) is 23.1. The fraction of sp³-hybridized carbons (Fsp3) is 0.480. The largest absolute Gasteiger partial charge is 0.399 e. The van der Waals surface area contributed by atoms with Crippen molar-refractivity contribution in [1.82, 2.24) is 19.1 Å². The summed E-state index contributed by atoms with van der Waals surface area (Å²) < 4.78 is 59.8. The molecule has 2 aliphatic carbocycles. The van der Waals surface area contributed by atoms with Gasteiger partial charge < -0.3 is 14.9 Å². The molecule has 66 heavy (non-hydrogen) atoms. The maximum atomic E-state index is 13.2. The number of imidazole rings is 2. The van der Waals surface area contributed by atoms with Crippen molar-refractivity contribution in [3.05, 3.63) is 107 Å². The Morgan fingerprint density at radius 1 is 0.606 bits per heavy atom. The molecule has 2 aliphatic rings. The number of nitro groups is 1. The van der Waals surface area contributed by atoms with Crippen LogP contribution in [0, 0.1) is 22.0 Å². The molecular formula is C50H66N8O6S2. The van der Waals surface area contributed by atoms with Crippen LogP contribution in [0.3, 0.4) is 0 Å². The van der Waals surface area contributed by atoms with E-state index < -0.39 is 25.0 Å². The van der Waals surface area contributed by atoms with E-state index in [9.17, 15) is 26.9 Å². The minimum Gasteiger partial charge on any atom is -0.399 e. The molecule has 4 aromatic carbocycles. The van der Waals surface area contributed by atoms with Crippen molar-refractivity contribution >= 4 is 64.9 Å². The maximum Gasteiger partial charge on any atom is 0.269 e. The molecule has 0 unspecified atom stereocenters. The van der Waals surface area contributed by atoms with Gasteiger partial charge in [0, 0.05) is 55.8 Å². The molecule has 2 aromatic heterocycles. The second-order valence-electron chi connectivity index (χ2n) is 20.2. The quantitative estimate of drug-likeness (QED) is 0.0751. The molecule has 8 rings (SSSR count). The summed E-state index contributed by atoms with van der Waals surface area (Å²) in [6.45, 7) is 14.9. The van der Waals surface area contributed by atoms with Crippen LogP contribution >= 0.6 is 0 Å². The number of nitrogen functional groups attached to an aromatic ring is 1. The molecule has 0 aliphatic heterocycles. The molecule has 14 nitrogen and oxygen atoms in total. The van der Waals surface area contributed by atoms with Crippen LogP contribution in [0.15, 0.2) is 94.7 Å². The Labute approximate surface area is 390 Å². The normalized spacial score (nSPS) is 15.7. The van der Waals surface area contributed by atoms with Gasteiger partial charge in [0.2, 0.25) is 0 Å². The molecule has 2 heterocycles. The summed E-state index contributed by atoms with van der Waals surface area (Å²) >= 11 is 0. The topological polar surface area (TPSA) is 180 Å². The fourth-order valence-corrected chi connectivity index (χ4v) is 11.7. The zero-order valence-electron chi connectivity index (χ0n) is 39.7. The van der Waals surface area contributed by atoms with Crippen molar-refractivity contribution in [3.8, 4) is 0 Å². The number of nitro benzene ring substituents is 1. The zero-order valence-corrected chi connectivity index (χ0v) is 41.3. The van der Waals surface area contributed by atoms with Crippen molar-refractivity contribution in [3.63, 3.8) is 0 Å². The summed E-state index contributed by atoms with van der Waals surface area (Å²) in [5.74, 6) is 3.37. The van der Waals surface area contributed by atoms with Gasteiger partial charge in [0.15, 0.2) is 0 Å². The van der Waals surface area contributed by atoms with E-state index in [0.717, 1.165) is 46.8 Å². The Kier molecular flexibility index (Phi) is 14.0. The third-order valence-corrected chi connectivity index (χ3v) is 16.7. The number of non-ortho nitro benzene ring substituents is 1. The second kappa shape index (κ2) is 19.0. The van der Waals surface area contributed by atoms with Gasteiger partial charge in [-0.05, 0) is 110 Å². The highest BCUT2D eigenvalue weighted by molar-refractivity contribution is 7.93. The minimum absolute atomic E-state index is 0.00101. The van der Waals surface area contributed by atoms with Crippen molar-refractivity contribution < 1.29 is 21.8 Å². The van der Waals surface area contributed by atoms with Gasteiger partial charge in [0.05, 0.1) is 48.2 Å². The third-order valence-electron chi connectivity index (χ3n) is 13.1. The molecule has 2 saturated carbocycles. The lowest BCUT2D eigenvalue weighted by atomic mass is 9.88. The van der Waals surface area contributed by atoms with Crippen LogP contribution in [-0.4, -0.2) is 55.0 Å². The summed E-state index contributed by atoms with van der Waals surface area (Å²) in [6.07, 6.45) is 12.8. The van der Waals surface area contributed by atoms with Crippen molar-refractivity contribution in [2.24, 2.45) is 11.8 Å². The number of nitrogens with zero attached hydrogens (tertiary/aromatic N) is 7. The van der Waals surface area contributed by atoms with E-state index in [4.69, 9.17) is 15.7 Å². The summed E-state index contributed by atoms with van der Waals surface area (Å²) in [5, 5.41) is 10.9. The first-order chi connectivity index (χ1) is 31.0. The molecule has 2 N–H and O–H groups in total. The third kappa shape index (κ3) is 10.4. The first-order valence-corrected chi connectivity index (χ1v) is 26.0. The highest BCUT2D eigenvalue weighted by atomic mass is 32.2. The number of anilines is 3. The van der Waals surface area contributed by atoms with Gasteiger partial charge in [-0.1, -0.05) is 80.1 Å². The molecule has 6 aromatic rings. The molecule has 0 atom stereocenters. The standard InChI is InChI=1S/C25H32N4O4S.C25H34N4O2S/c1-25(2,3)24-26-22-16-20(12-15-23(22)28(24)17-18-8-6-5-7-9-18)27(4)34(32,33)21-13-10-19(11-14-21)29(30)31;1-25(2,3)24-27-22-16-20(28(4)32(30,31)21-13-10-19(26)11-14-21)12-15-23(22)29(24)17-18-8-6-5-7-9-18/h10-16,18H,5-9,17H2,1-4H3;10-16,18H,5-9,17,26H2,1-4H3.